The van der Waals surface area contributed by atoms with Gasteiger partial charge in [-0.2, -0.15) is 0 Å². The van der Waals surface area contributed by atoms with Gasteiger partial charge in [0.25, 0.3) is 0 Å². The van der Waals surface area contributed by atoms with Crippen molar-refractivity contribution in [1.29, 1.82) is 0 Å². The second-order valence-corrected chi connectivity index (χ2v) is 20.4. The van der Waals surface area contributed by atoms with Crippen LogP contribution in [-0.2, 0) is 21.7 Å². The number of hydrogen-bond donors (Lipinski definition) is 0. The normalized spacial score (nSPS) is 19.5. The Morgan fingerprint density at radius 1 is 0.434 bits per heavy atom. The molecule has 53 heavy (non-hydrogen) atoms. The number of halogens is 4. The van der Waals surface area contributed by atoms with E-state index in [9.17, 15) is 0 Å². The van der Waals surface area contributed by atoms with Crippen molar-refractivity contribution in [2.45, 2.75) is 105 Å². The van der Waals surface area contributed by atoms with Crippen molar-refractivity contribution in [3.8, 4) is 22.3 Å². The van der Waals surface area contributed by atoms with E-state index in [1.165, 1.54) is 0 Å². The Morgan fingerprint density at radius 3 is 1.26 bits per heavy atom. The van der Waals surface area contributed by atoms with Crippen LogP contribution in [0.1, 0.15) is 105 Å². The molecule has 5 aromatic carbocycles. The van der Waals surface area contributed by atoms with Gasteiger partial charge >= 0.3 is 0 Å². The number of benzene rings is 5. The Bertz CT molecular complexity index is 2230. The molecule has 276 valence electrons. The molecule has 2 aliphatic carbocycles. The molecule has 0 amide bonds. The standard InChI is InChI=1S/C48H51Br2F2N/c1-43(2)36-23-29(25-38(51)41(36)45(5,6)47(43,9)10)28-13-22-35(30-24-37-42(39(52)26-30)46(7,8)48(11,12)44(37,3)4)40(27-28)53(33-18-14-31(49)15-19-33)34-20-16-32(50)17-21-34/h13-27H,1-12H3. The Balaban J connectivity index is 1.53. The zero-order valence-corrected chi connectivity index (χ0v) is 36.3. The molecule has 0 aliphatic heterocycles. The molecular formula is C48H51Br2F2N. The third-order valence-corrected chi connectivity index (χ3v) is 16.1. The molecule has 5 heteroatoms. The van der Waals surface area contributed by atoms with E-state index in [-0.39, 0.29) is 44.1 Å². The maximum absolute atomic E-state index is 16.7. The van der Waals surface area contributed by atoms with E-state index in [4.69, 9.17) is 0 Å². The summed E-state index contributed by atoms with van der Waals surface area (Å²) >= 11 is 7.26. The van der Waals surface area contributed by atoms with Crippen LogP contribution >= 0.6 is 31.9 Å². The monoisotopic (exact) mass is 837 g/mol. The largest absolute Gasteiger partial charge is 0.310 e. The summed E-state index contributed by atoms with van der Waals surface area (Å²) in [6.07, 6.45) is 0. The van der Waals surface area contributed by atoms with Gasteiger partial charge in [0.05, 0.1) is 5.69 Å². The first kappa shape index (κ1) is 38.0. The lowest BCUT2D eigenvalue weighted by atomic mass is 9.59. The summed E-state index contributed by atoms with van der Waals surface area (Å²) < 4.78 is 35.2. The SMILES string of the molecule is CC1(C)c2cc(-c3ccc(-c4cc(F)c5c(c4)C(C)(C)C(C)(C)C5(C)C)c(N(c4ccc(Br)cc4)c4ccc(Br)cc4)c3)cc(F)c2C(C)(C)C1(C)C. The smallest absolute Gasteiger partial charge is 0.127 e. The molecule has 0 bridgehead atoms. The van der Waals surface area contributed by atoms with E-state index < -0.39 is 0 Å². The van der Waals surface area contributed by atoms with Gasteiger partial charge in [-0.15, -0.1) is 0 Å². The lowest BCUT2D eigenvalue weighted by molar-refractivity contribution is 0.123. The molecular weight excluding hydrogens is 788 g/mol. The fourth-order valence-corrected chi connectivity index (χ4v) is 9.93. The Kier molecular flexibility index (Phi) is 8.68. The highest BCUT2D eigenvalue weighted by Crippen LogP contribution is 2.64. The van der Waals surface area contributed by atoms with Crippen LogP contribution in [0, 0.1) is 22.5 Å². The van der Waals surface area contributed by atoms with Crippen molar-refractivity contribution in [3.05, 3.63) is 134 Å². The highest BCUT2D eigenvalue weighted by Gasteiger charge is 2.59. The molecule has 2 aliphatic rings. The molecule has 1 nitrogen and oxygen atoms in total. The molecule has 0 unspecified atom stereocenters. The van der Waals surface area contributed by atoms with Crippen LogP contribution in [0.15, 0.2) is 99.9 Å². The minimum absolute atomic E-state index is 0.169. The van der Waals surface area contributed by atoms with E-state index in [0.29, 0.717) is 0 Å². The average Bonchev–Trinajstić information content (AvgIpc) is 3.26. The van der Waals surface area contributed by atoms with E-state index in [2.05, 4.69) is 174 Å². The zero-order valence-electron chi connectivity index (χ0n) is 33.1. The summed E-state index contributed by atoms with van der Waals surface area (Å²) in [6, 6.07) is 30.7. The quantitative estimate of drug-likeness (QED) is 0.170. The molecule has 7 rings (SSSR count). The van der Waals surface area contributed by atoms with Crippen LogP contribution in [-0.4, -0.2) is 0 Å². The Hall–Kier alpha value is -3.28. The highest BCUT2D eigenvalue weighted by molar-refractivity contribution is 9.10. The van der Waals surface area contributed by atoms with Gasteiger partial charge in [0.15, 0.2) is 0 Å². The lowest BCUT2D eigenvalue weighted by Gasteiger charge is -2.44. The van der Waals surface area contributed by atoms with Gasteiger partial charge in [-0.3, -0.25) is 0 Å². The van der Waals surface area contributed by atoms with E-state index >= 15 is 8.78 Å². The molecule has 0 radical (unpaired) electrons. The van der Waals surface area contributed by atoms with Crippen LogP contribution in [0.3, 0.4) is 0 Å². The molecule has 0 heterocycles. The summed E-state index contributed by atoms with van der Waals surface area (Å²) in [5, 5.41) is 0. The summed E-state index contributed by atoms with van der Waals surface area (Å²) in [5.41, 5.74) is 8.28. The van der Waals surface area contributed by atoms with E-state index in [1.807, 2.05) is 24.3 Å². The van der Waals surface area contributed by atoms with Crippen LogP contribution in [0.25, 0.3) is 22.3 Å². The molecule has 0 aromatic heterocycles. The minimum Gasteiger partial charge on any atom is -0.310 e. The van der Waals surface area contributed by atoms with Crippen LogP contribution in [0.4, 0.5) is 25.8 Å². The first-order valence-electron chi connectivity index (χ1n) is 18.6. The van der Waals surface area contributed by atoms with Gasteiger partial charge in [-0.25, -0.2) is 8.78 Å². The summed E-state index contributed by atoms with van der Waals surface area (Å²) in [5.74, 6) is -0.347. The van der Waals surface area contributed by atoms with Crippen molar-refractivity contribution in [1.82, 2.24) is 0 Å². The van der Waals surface area contributed by atoms with Crippen LogP contribution in [0.5, 0.6) is 0 Å². The third kappa shape index (κ3) is 5.29. The number of fused-ring (bicyclic) bond motifs is 2. The van der Waals surface area contributed by atoms with Crippen molar-refractivity contribution in [2.24, 2.45) is 10.8 Å². The van der Waals surface area contributed by atoms with Crippen LogP contribution in [0.2, 0.25) is 0 Å². The number of nitrogens with zero attached hydrogens (tertiary/aromatic N) is 1. The van der Waals surface area contributed by atoms with Crippen molar-refractivity contribution in [3.63, 3.8) is 0 Å². The fraction of sp³-hybridized carbons (Fsp3) is 0.375. The van der Waals surface area contributed by atoms with E-state index in [1.54, 1.807) is 12.1 Å². The molecule has 5 aromatic rings. The molecule has 0 spiro atoms. The topological polar surface area (TPSA) is 3.24 Å². The van der Waals surface area contributed by atoms with Crippen LogP contribution < -0.4 is 4.90 Å². The van der Waals surface area contributed by atoms with Gasteiger partial charge in [-0.05, 0) is 138 Å². The third-order valence-electron chi connectivity index (χ3n) is 15.1. The Labute approximate surface area is 332 Å². The lowest BCUT2D eigenvalue weighted by Crippen LogP contribution is -2.42. The fourth-order valence-electron chi connectivity index (χ4n) is 9.40. The van der Waals surface area contributed by atoms with Gasteiger partial charge in [0, 0.05) is 25.9 Å². The van der Waals surface area contributed by atoms with Gasteiger partial charge in [-0.1, -0.05) is 139 Å². The summed E-state index contributed by atoms with van der Waals surface area (Å²) in [4.78, 5) is 2.22. The average molecular weight is 840 g/mol. The summed E-state index contributed by atoms with van der Waals surface area (Å²) in [6.45, 7) is 26.7. The first-order valence-corrected chi connectivity index (χ1v) is 20.2. The van der Waals surface area contributed by atoms with Gasteiger partial charge in [0.1, 0.15) is 11.6 Å². The first-order chi connectivity index (χ1) is 24.5. The molecule has 0 saturated heterocycles. The predicted molar refractivity (Wildman–Crippen MR) is 227 cm³/mol. The molecule has 0 fully saturated rings. The van der Waals surface area contributed by atoms with Gasteiger partial charge < -0.3 is 4.90 Å². The van der Waals surface area contributed by atoms with E-state index in [0.717, 1.165) is 70.5 Å². The van der Waals surface area contributed by atoms with Crippen molar-refractivity contribution < 1.29 is 8.78 Å². The zero-order chi connectivity index (χ0) is 38.8. The maximum atomic E-state index is 16.7. The molecule has 0 atom stereocenters. The number of anilines is 3. The molecule has 0 saturated carbocycles. The number of rotatable bonds is 5. The number of hydrogen-bond acceptors (Lipinski definition) is 1. The highest BCUT2D eigenvalue weighted by atomic mass is 79.9. The maximum Gasteiger partial charge on any atom is 0.127 e. The second kappa shape index (κ2) is 12.1. The van der Waals surface area contributed by atoms with Gasteiger partial charge in [0.2, 0.25) is 0 Å². The summed E-state index contributed by atoms with van der Waals surface area (Å²) in [7, 11) is 0. The van der Waals surface area contributed by atoms with Crippen molar-refractivity contribution >= 4 is 48.9 Å². The van der Waals surface area contributed by atoms with Crippen molar-refractivity contribution in [2.75, 3.05) is 4.90 Å². The Morgan fingerprint density at radius 2 is 0.830 bits per heavy atom. The molecule has 0 N–H and O–H groups in total. The predicted octanol–water partition coefficient (Wildman–Crippen LogP) is 15.5. The minimum atomic E-state index is -0.365. The second-order valence-electron chi connectivity index (χ2n) is 18.5.